The van der Waals surface area contributed by atoms with Crippen LogP contribution in [0.2, 0.25) is 0 Å². The van der Waals surface area contributed by atoms with Gasteiger partial charge in [-0.15, -0.1) is 0 Å². The molecular formula is C41H54F4N6O8S. The maximum absolute atomic E-state index is 16.4. The van der Waals surface area contributed by atoms with Gasteiger partial charge in [-0.1, -0.05) is 53.2 Å². The van der Waals surface area contributed by atoms with Gasteiger partial charge in [0.25, 0.3) is 11.8 Å². The van der Waals surface area contributed by atoms with E-state index in [1.54, 1.807) is 45.0 Å². The molecule has 2 bridgehead atoms. The second-order valence-corrected chi connectivity index (χ2v) is 21.1. The highest BCUT2D eigenvalue weighted by molar-refractivity contribution is 7.91. The molecule has 0 unspecified atom stereocenters. The molecule has 5 aliphatic rings. The first-order valence-corrected chi connectivity index (χ1v) is 22.2. The van der Waals surface area contributed by atoms with Crippen LogP contribution in [0.3, 0.4) is 0 Å². The van der Waals surface area contributed by atoms with E-state index in [9.17, 15) is 36.4 Å². The maximum atomic E-state index is 16.4. The number of aromatic nitrogens is 2. The van der Waals surface area contributed by atoms with Crippen molar-refractivity contribution in [3.05, 3.63) is 30.0 Å². The van der Waals surface area contributed by atoms with E-state index in [1.807, 2.05) is 11.6 Å². The number of benzene rings is 1. The highest BCUT2D eigenvalue weighted by atomic mass is 32.2. The van der Waals surface area contributed by atoms with Crippen LogP contribution in [0, 0.1) is 29.1 Å². The van der Waals surface area contributed by atoms with Crippen LogP contribution in [0.15, 0.2) is 24.3 Å². The smallest absolute Gasteiger partial charge is 0.408 e. The molecule has 3 N–H and O–H groups in total. The Morgan fingerprint density at radius 2 is 1.63 bits per heavy atom. The summed E-state index contributed by atoms with van der Waals surface area (Å²) in [6.45, 7) is 9.54. The monoisotopic (exact) mass is 866 g/mol. The summed E-state index contributed by atoms with van der Waals surface area (Å²) in [4.78, 5) is 66.5. The fourth-order valence-corrected chi connectivity index (χ4v) is 10.4. The van der Waals surface area contributed by atoms with Crippen molar-refractivity contribution >= 4 is 44.9 Å². The van der Waals surface area contributed by atoms with E-state index < -0.39 is 129 Å². The van der Waals surface area contributed by atoms with Gasteiger partial charge >= 0.3 is 6.09 Å². The molecule has 14 nitrogen and oxygen atoms in total. The van der Waals surface area contributed by atoms with E-state index in [-0.39, 0.29) is 42.1 Å². The lowest BCUT2D eigenvalue weighted by Gasteiger charge is -2.36. The van der Waals surface area contributed by atoms with Crippen molar-refractivity contribution in [3.8, 4) is 5.88 Å². The topological polar surface area (TPSA) is 186 Å². The highest BCUT2D eigenvalue weighted by Gasteiger charge is 2.67. The number of ether oxygens (including phenoxy) is 2. The van der Waals surface area contributed by atoms with Gasteiger partial charge in [-0.25, -0.2) is 32.0 Å². The van der Waals surface area contributed by atoms with Crippen molar-refractivity contribution in [1.29, 1.82) is 0 Å². The number of sulfonamides is 1. The van der Waals surface area contributed by atoms with E-state index in [0.29, 0.717) is 19.3 Å². The van der Waals surface area contributed by atoms with Crippen LogP contribution >= 0.6 is 0 Å². The summed E-state index contributed by atoms with van der Waals surface area (Å²) in [6, 6.07) is 3.47. The first-order valence-electron chi connectivity index (χ1n) is 20.7. The van der Waals surface area contributed by atoms with Gasteiger partial charge in [0, 0.05) is 12.3 Å². The molecule has 3 aliphatic carbocycles. The third-order valence-electron chi connectivity index (χ3n) is 13.4. The number of alkyl carbamates (subject to hydrolysis) is 1. The molecule has 4 fully saturated rings. The van der Waals surface area contributed by atoms with Crippen LogP contribution in [-0.2, 0) is 35.1 Å². The average molecular weight is 867 g/mol. The fourth-order valence-electron chi connectivity index (χ4n) is 9.08. The van der Waals surface area contributed by atoms with Crippen LogP contribution in [0.1, 0.15) is 105 Å². The van der Waals surface area contributed by atoms with Crippen LogP contribution in [0.25, 0.3) is 11.0 Å². The quantitative estimate of drug-likeness (QED) is 0.310. The molecule has 0 spiro atoms. The van der Waals surface area contributed by atoms with Crippen molar-refractivity contribution in [1.82, 2.24) is 30.2 Å². The standard InChI is InChI=1S/C41H54F4N6O8S/c1-21-14-15-27-23(21)11-9-10-16-41(44,45)30-34(47-26-13-8-7-12-25(26)46-30)58-28-20-51(35(53)31(38(3,4)5)48-37(55)59-27)29(22(28)2)33(52)49-40(19-24(40)32(42)43)36(54)50-60(56,57)39(6)17-18-39/h7-8,12-13,21-24,27-29,31-32H,9-11,14-20H2,1-6H3,(H,48,55)(H,49,52)(H,50,54)/t21-,22+,23+,24-,27+,28-,29-,31+,40+/m0/s1. The van der Waals surface area contributed by atoms with E-state index in [4.69, 9.17) is 9.47 Å². The Morgan fingerprint density at radius 1 is 0.967 bits per heavy atom. The third kappa shape index (κ3) is 8.22. The number of rotatable bonds is 6. The van der Waals surface area contributed by atoms with Crippen molar-refractivity contribution in [2.75, 3.05) is 6.54 Å². The van der Waals surface area contributed by atoms with Crippen molar-refractivity contribution < 1.29 is 54.6 Å². The molecule has 2 aromatic rings. The Labute approximate surface area is 346 Å². The lowest BCUT2D eigenvalue weighted by atomic mass is 9.85. The average Bonchev–Trinajstić information content (AvgIpc) is 4.04. The number of amides is 4. The van der Waals surface area contributed by atoms with Crippen molar-refractivity contribution in [2.24, 2.45) is 29.1 Å². The van der Waals surface area contributed by atoms with Gasteiger partial charge in [0.2, 0.25) is 34.1 Å². The molecule has 19 heteroatoms. The number of alkyl halides is 4. The Kier molecular flexibility index (Phi) is 11.4. The normalized spacial score (nSPS) is 33.0. The maximum Gasteiger partial charge on any atom is 0.408 e. The number of halogens is 4. The second-order valence-electron chi connectivity index (χ2n) is 18.9. The van der Waals surface area contributed by atoms with Crippen molar-refractivity contribution in [2.45, 2.75) is 146 Å². The highest BCUT2D eigenvalue weighted by Crippen LogP contribution is 2.50. The zero-order valence-corrected chi connectivity index (χ0v) is 35.4. The molecule has 1 saturated heterocycles. The van der Waals surface area contributed by atoms with Crippen molar-refractivity contribution in [3.63, 3.8) is 0 Å². The zero-order valence-electron chi connectivity index (χ0n) is 34.6. The first kappa shape index (κ1) is 43.8. The van der Waals surface area contributed by atoms with Crippen LogP contribution < -0.4 is 20.1 Å². The van der Waals surface area contributed by atoms with Gasteiger partial charge in [0.1, 0.15) is 29.8 Å². The predicted octanol–water partition coefficient (Wildman–Crippen LogP) is 5.58. The molecule has 1 aromatic heterocycles. The van der Waals surface area contributed by atoms with E-state index in [0.717, 1.165) is 11.3 Å². The minimum absolute atomic E-state index is 0.106. The van der Waals surface area contributed by atoms with Crippen LogP contribution in [-0.4, -0.2) is 94.6 Å². The summed E-state index contributed by atoms with van der Waals surface area (Å²) in [5, 5.41) is 5.10. The van der Waals surface area contributed by atoms with Gasteiger partial charge in [0.15, 0.2) is 5.69 Å². The summed E-state index contributed by atoms with van der Waals surface area (Å²) in [6.07, 6.45) is -4.15. The number of hydrogen-bond acceptors (Lipinski definition) is 10. The van der Waals surface area contributed by atoms with Gasteiger partial charge in [0.05, 0.1) is 28.2 Å². The van der Waals surface area contributed by atoms with Gasteiger partial charge < -0.3 is 25.0 Å². The minimum Gasteiger partial charge on any atom is -0.471 e. The molecule has 9 atom stereocenters. The lowest BCUT2D eigenvalue weighted by molar-refractivity contribution is -0.143. The number of nitrogens with zero attached hydrogens (tertiary/aromatic N) is 3. The van der Waals surface area contributed by atoms with E-state index in [2.05, 4.69) is 20.6 Å². The summed E-state index contributed by atoms with van der Waals surface area (Å²) in [5.41, 5.74) is -3.64. The molecule has 1 aromatic carbocycles. The summed E-state index contributed by atoms with van der Waals surface area (Å²) < 4.78 is 100. The zero-order chi connectivity index (χ0) is 43.7. The number of carbonyl (C=O) groups is 4. The number of nitrogens with one attached hydrogen (secondary N) is 3. The number of fused-ring (bicyclic) bond motifs is 5. The summed E-state index contributed by atoms with van der Waals surface area (Å²) >= 11 is 0. The molecule has 60 heavy (non-hydrogen) atoms. The fraction of sp³-hybridized carbons (Fsp3) is 0.707. The molecule has 3 saturated carbocycles. The first-order chi connectivity index (χ1) is 28.0. The van der Waals surface area contributed by atoms with Crippen LogP contribution in [0.4, 0.5) is 22.4 Å². The molecule has 3 heterocycles. The van der Waals surface area contributed by atoms with Gasteiger partial charge in [-0.3, -0.25) is 19.1 Å². The van der Waals surface area contributed by atoms with E-state index >= 15 is 8.78 Å². The Balaban J connectivity index is 1.28. The molecule has 330 valence electrons. The molecule has 2 aliphatic heterocycles. The molecular weight excluding hydrogens is 813 g/mol. The van der Waals surface area contributed by atoms with Gasteiger partial charge in [-0.05, 0) is 81.3 Å². The minimum atomic E-state index is -4.30. The summed E-state index contributed by atoms with van der Waals surface area (Å²) in [5.74, 6) is -10.1. The molecule has 0 radical (unpaired) electrons. The van der Waals surface area contributed by atoms with Crippen LogP contribution in [0.5, 0.6) is 5.88 Å². The molecule has 7 rings (SSSR count). The lowest BCUT2D eigenvalue weighted by Crippen LogP contribution is -2.61. The Hall–Kier alpha value is -4.29. The number of carbonyl (C=O) groups excluding carboxylic acids is 4. The second kappa shape index (κ2) is 15.6. The predicted molar refractivity (Wildman–Crippen MR) is 209 cm³/mol. The van der Waals surface area contributed by atoms with Gasteiger partial charge in [-0.2, -0.15) is 8.78 Å². The number of hydrogen-bond donors (Lipinski definition) is 3. The Bertz CT molecular complexity index is 2150. The van der Waals surface area contributed by atoms with E-state index in [1.165, 1.54) is 13.8 Å². The largest absolute Gasteiger partial charge is 0.471 e. The SMILES string of the molecule is C[C@@H]1[C@@H]2CN(C(=O)[C@H](C(C)(C)C)NC(=O)O[C@@H]3CC[C@H](C)[C@H]3CCCCC(F)(F)c3nc4ccccc4nc3O2)[C@@H]1C(=O)N[C@]1(C(=O)NS(=O)(=O)C2(C)CC2)C[C@H]1C(F)F. The molecule has 4 amide bonds. The number of para-hydroxylation sites is 2. The Morgan fingerprint density at radius 3 is 2.25 bits per heavy atom. The third-order valence-corrected chi connectivity index (χ3v) is 15.6. The summed E-state index contributed by atoms with van der Waals surface area (Å²) in [7, 11) is -4.30.